The zero-order valence-electron chi connectivity index (χ0n) is 10.5. The van der Waals surface area contributed by atoms with Crippen LogP contribution in [0.15, 0.2) is 29.3 Å². The first-order chi connectivity index (χ1) is 8.38. The van der Waals surface area contributed by atoms with Crippen molar-refractivity contribution in [1.82, 2.24) is 4.90 Å². The Kier molecular flexibility index (Phi) is 2.98. The Balaban J connectivity index is 1.75. The summed E-state index contributed by atoms with van der Waals surface area (Å²) in [6.07, 6.45) is 5.95. The van der Waals surface area contributed by atoms with Crippen molar-refractivity contribution in [3.05, 3.63) is 35.4 Å². The normalized spacial score (nSPS) is 29.0. The molecule has 1 unspecified atom stereocenters. The van der Waals surface area contributed by atoms with Crippen molar-refractivity contribution in [3.63, 3.8) is 0 Å². The molecule has 17 heavy (non-hydrogen) atoms. The monoisotopic (exact) mass is 228 g/mol. The van der Waals surface area contributed by atoms with E-state index in [-0.39, 0.29) is 0 Å². The average Bonchev–Trinajstić information content (AvgIpc) is 2.95. The molecule has 2 aliphatic rings. The summed E-state index contributed by atoms with van der Waals surface area (Å²) in [4.78, 5) is 6.82. The molecule has 1 aliphatic carbocycles. The fourth-order valence-electron chi connectivity index (χ4n) is 3.34. The maximum atomic E-state index is 4.17. The lowest BCUT2D eigenvalue weighted by atomic mass is 10.1. The lowest BCUT2D eigenvalue weighted by Crippen LogP contribution is -2.25. The SMILES string of the molecule is CN=CC1CCN([C@H]2CCc3ccccc32)C1. The van der Waals surface area contributed by atoms with Crippen LogP contribution in [0.4, 0.5) is 0 Å². The van der Waals surface area contributed by atoms with Crippen LogP contribution in [0.3, 0.4) is 0 Å². The van der Waals surface area contributed by atoms with E-state index in [9.17, 15) is 0 Å². The Morgan fingerprint density at radius 3 is 3.06 bits per heavy atom. The highest BCUT2D eigenvalue weighted by atomic mass is 15.2. The smallest absolute Gasteiger partial charge is 0.0354 e. The van der Waals surface area contributed by atoms with Gasteiger partial charge in [-0.25, -0.2) is 0 Å². The minimum atomic E-state index is 0.668. The van der Waals surface area contributed by atoms with Crippen LogP contribution < -0.4 is 0 Å². The molecule has 1 aliphatic heterocycles. The first-order valence-corrected chi connectivity index (χ1v) is 6.62. The molecular weight excluding hydrogens is 208 g/mol. The van der Waals surface area contributed by atoms with E-state index in [0.717, 1.165) is 0 Å². The number of aryl methyl sites for hydroxylation is 1. The predicted octanol–water partition coefficient (Wildman–Crippen LogP) is 2.70. The Morgan fingerprint density at radius 2 is 2.18 bits per heavy atom. The summed E-state index contributed by atoms with van der Waals surface area (Å²) in [5.74, 6) is 0.674. The molecule has 1 aromatic carbocycles. The molecule has 0 bridgehead atoms. The molecule has 0 N–H and O–H groups in total. The van der Waals surface area contributed by atoms with Crippen LogP contribution in [-0.4, -0.2) is 31.3 Å². The lowest BCUT2D eigenvalue weighted by Gasteiger charge is -2.24. The largest absolute Gasteiger partial charge is 0.301 e. The minimum Gasteiger partial charge on any atom is -0.301 e. The van der Waals surface area contributed by atoms with Gasteiger partial charge < -0.3 is 4.99 Å². The minimum absolute atomic E-state index is 0.668. The zero-order chi connectivity index (χ0) is 11.7. The number of hydrogen-bond acceptors (Lipinski definition) is 2. The molecule has 3 rings (SSSR count). The summed E-state index contributed by atoms with van der Waals surface area (Å²) in [6.45, 7) is 2.42. The second-order valence-electron chi connectivity index (χ2n) is 5.20. The first kappa shape index (κ1) is 11.0. The van der Waals surface area contributed by atoms with Gasteiger partial charge in [0.1, 0.15) is 0 Å². The fraction of sp³-hybridized carbons (Fsp3) is 0.533. The molecule has 0 spiro atoms. The standard InChI is InChI=1S/C15H20N2/c1-16-10-12-8-9-17(11-12)15-7-6-13-4-2-3-5-14(13)15/h2-5,10,12,15H,6-9,11H2,1H3/t12?,15-/m0/s1. The van der Waals surface area contributed by atoms with Gasteiger partial charge in [0.2, 0.25) is 0 Å². The van der Waals surface area contributed by atoms with Gasteiger partial charge in [-0.1, -0.05) is 24.3 Å². The van der Waals surface area contributed by atoms with Gasteiger partial charge in [-0.3, -0.25) is 4.90 Å². The number of hydrogen-bond donors (Lipinski definition) is 0. The highest BCUT2D eigenvalue weighted by Crippen LogP contribution is 2.37. The quantitative estimate of drug-likeness (QED) is 0.711. The van der Waals surface area contributed by atoms with Crippen LogP contribution in [0.2, 0.25) is 0 Å². The molecule has 1 aromatic rings. The Bertz CT molecular complexity index is 425. The molecular formula is C15H20N2. The Labute approximate surface area is 103 Å². The van der Waals surface area contributed by atoms with Crippen LogP contribution in [0.25, 0.3) is 0 Å². The van der Waals surface area contributed by atoms with Crippen LogP contribution in [0.5, 0.6) is 0 Å². The van der Waals surface area contributed by atoms with Crippen molar-refractivity contribution in [2.24, 2.45) is 10.9 Å². The maximum absolute atomic E-state index is 4.17. The van der Waals surface area contributed by atoms with Crippen LogP contribution in [0.1, 0.15) is 30.0 Å². The van der Waals surface area contributed by atoms with Crippen molar-refractivity contribution < 1.29 is 0 Å². The van der Waals surface area contributed by atoms with E-state index in [4.69, 9.17) is 0 Å². The molecule has 2 atom stereocenters. The summed E-state index contributed by atoms with van der Waals surface area (Å²) in [7, 11) is 1.88. The summed E-state index contributed by atoms with van der Waals surface area (Å²) in [6, 6.07) is 9.61. The predicted molar refractivity (Wildman–Crippen MR) is 71.6 cm³/mol. The molecule has 0 saturated carbocycles. The molecule has 0 aromatic heterocycles. The van der Waals surface area contributed by atoms with Crippen LogP contribution in [-0.2, 0) is 6.42 Å². The number of nitrogens with zero attached hydrogens (tertiary/aromatic N) is 2. The van der Waals surface area contributed by atoms with Crippen LogP contribution >= 0.6 is 0 Å². The Hall–Kier alpha value is -1.15. The molecule has 1 saturated heterocycles. The molecule has 0 amide bonds. The number of aliphatic imine (C=N–C) groups is 1. The van der Waals surface area contributed by atoms with E-state index >= 15 is 0 Å². The van der Waals surface area contributed by atoms with Crippen LogP contribution in [0, 0.1) is 5.92 Å². The average molecular weight is 228 g/mol. The highest BCUT2D eigenvalue weighted by Gasteiger charge is 2.32. The summed E-state index contributed by atoms with van der Waals surface area (Å²) in [5, 5.41) is 0. The molecule has 1 fully saturated rings. The maximum Gasteiger partial charge on any atom is 0.0354 e. The van der Waals surface area contributed by atoms with E-state index in [1.54, 1.807) is 11.1 Å². The van der Waals surface area contributed by atoms with E-state index in [1.165, 1.54) is 32.4 Å². The molecule has 2 nitrogen and oxygen atoms in total. The summed E-state index contributed by atoms with van der Waals surface area (Å²) in [5.41, 5.74) is 3.13. The molecule has 0 radical (unpaired) electrons. The number of likely N-dealkylation sites (tertiary alicyclic amines) is 1. The molecule has 90 valence electrons. The van der Waals surface area contributed by atoms with Crippen molar-refractivity contribution in [2.45, 2.75) is 25.3 Å². The van der Waals surface area contributed by atoms with Gasteiger partial charge in [0, 0.05) is 31.8 Å². The summed E-state index contributed by atoms with van der Waals surface area (Å²) >= 11 is 0. The van der Waals surface area contributed by atoms with E-state index in [2.05, 4.69) is 40.4 Å². The lowest BCUT2D eigenvalue weighted by molar-refractivity contribution is 0.242. The van der Waals surface area contributed by atoms with E-state index in [1.807, 2.05) is 7.05 Å². The van der Waals surface area contributed by atoms with Gasteiger partial charge in [0.15, 0.2) is 0 Å². The molecule has 2 heteroatoms. The van der Waals surface area contributed by atoms with Crippen molar-refractivity contribution in [2.75, 3.05) is 20.1 Å². The topological polar surface area (TPSA) is 15.6 Å². The van der Waals surface area contributed by atoms with Gasteiger partial charge in [-0.15, -0.1) is 0 Å². The third-order valence-electron chi connectivity index (χ3n) is 4.16. The third kappa shape index (κ3) is 2.02. The van der Waals surface area contributed by atoms with Crippen molar-refractivity contribution in [3.8, 4) is 0 Å². The molecule has 1 heterocycles. The number of fused-ring (bicyclic) bond motifs is 1. The van der Waals surface area contributed by atoms with E-state index in [0.29, 0.717) is 12.0 Å². The van der Waals surface area contributed by atoms with Gasteiger partial charge in [-0.05, 0) is 36.9 Å². The first-order valence-electron chi connectivity index (χ1n) is 6.62. The third-order valence-corrected chi connectivity index (χ3v) is 4.16. The highest BCUT2D eigenvalue weighted by molar-refractivity contribution is 5.61. The van der Waals surface area contributed by atoms with Gasteiger partial charge in [-0.2, -0.15) is 0 Å². The van der Waals surface area contributed by atoms with Crippen molar-refractivity contribution in [1.29, 1.82) is 0 Å². The van der Waals surface area contributed by atoms with E-state index < -0.39 is 0 Å². The second kappa shape index (κ2) is 4.61. The van der Waals surface area contributed by atoms with Gasteiger partial charge in [0.05, 0.1) is 0 Å². The summed E-state index contributed by atoms with van der Waals surface area (Å²) < 4.78 is 0. The number of benzene rings is 1. The van der Waals surface area contributed by atoms with Gasteiger partial charge in [0.25, 0.3) is 0 Å². The zero-order valence-corrected chi connectivity index (χ0v) is 10.5. The number of rotatable bonds is 2. The van der Waals surface area contributed by atoms with Crippen molar-refractivity contribution >= 4 is 6.21 Å². The fourth-order valence-corrected chi connectivity index (χ4v) is 3.34. The van der Waals surface area contributed by atoms with Gasteiger partial charge >= 0.3 is 0 Å². The Morgan fingerprint density at radius 1 is 1.29 bits per heavy atom. The second-order valence-corrected chi connectivity index (χ2v) is 5.20.